The molecule has 0 amide bonds. The average Bonchev–Trinajstić information content (AvgIpc) is 2.30. The lowest BCUT2D eigenvalue weighted by Crippen LogP contribution is -2.15. The van der Waals surface area contributed by atoms with Crippen LogP contribution >= 0.6 is 15.9 Å². The van der Waals surface area contributed by atoms with Crippen molar-refractivity contribution >= 4 is 15.9 Å². The lowest BCUT2D eigenvalue weighted by molar-refractivity contribution is 0.691. The highest BCUT2D eigenvalue weighted by atomic mass is 79.9. The summed E-state index contributed by atoms with van der Waals surface area (Å²) < 4.78 is 1.07. The first kappa shape index (κ1) is 11.2. The van der Waals surface area contributed by atoms with E-state index in [2.05, 4.69) is 38.0 Å². The Morgan fingerprint density at radius 3 is 2.88 bits per heavy atom. The summed E-state index contributed by atoms with van der Waals surface area (Å²) >= 11 is 3.44. The maximum absolute atomic E-state index is 6.06. The molecule has 1 aromatic carbocycles. The third-order valence-corrected chi connectivity index (χ3v) is 2.80. The number of nitrogens with two attached hydrogens (primary N) is 1. The van der Waals surface area contributed by atoms with Gasteiger partial charge in [-0.25, -0.2) is 0 Å². The van der Waals surface area contributed by atoms with Crippen molar-refractivity contribution in [3.63, 3.8) is 0 Å². The van der Waals surface area contributed by atoms with E-state index < -0.39 is 0 Å². The van der Waals surface area contributed by atoms with E-state index in [0.717, 1.165) is 16.6 Å². The summed E-state index contributed by atoms with van der Waals surface area (Å²) in [5, 5.41) is 0. The maximum Gasteiger partial charge on any atom is 0.0757 e. The van der Waals surface area contributed by atoms with Crippen LogP contribution in [0.25, 0.3) is 0 Å². The lowest BCUT2D eigenvalue weighted by atomic mass is 10.0. The third kappa shape index (κ3) is 2.87. The second-order valence-electron chi connectivity index (χ2n) is 3.57. The van der Waals surface area contributed by atoms with Gasteiger partial charge in [0.2, 0.25) is 0 Å². The average molecular weight is 278 g/mol. The molecule has 0 aliphatic rings. The Hall–Kier alpha value is -1.26. The molecule has 82 valence electrons. The summed E-state index contributed by atoms with van der Waals surface area (Å²) in [6, 6.07) is 8.01. The van der Waals surface area contributed by atoms with E-state index in [-0.39, 0.29) is 6.04 Å². The van der Waals surface area contributed by atoms with Crippen LogP contribution < -0.4 is 5.73 Å². The van der Waals surface area contributed by atoms with Gasteiger partial charge >= 0.3 is 0 Å². The van der Waals surface area contributed by atoms with Gasteiger partial charge in [-0.3, -0.25) is 9.97 Å². The van der Waals surface area contributed by atoms with Crippen LogP contribution in [-0.4, -0.2) is 9.97 Å². The highest BCUT2D eigenvalue weighted by molar-refractivity contribution is 9.10. The van der Waals surface area contributed by atoms with Crippen LogP contribution in [0.5, 0.6) is 0 Å². The normalized spacial score (nSPS) is 12.4. The Morgan fingerprint density at radius 1 is 1.31 bits per heavy atom. The highest BCUT2D eigenvalue weighted by Crippen LogP contribution is 2.17. The van der Waals surface area contributed by atoms with Crippen molar-refractivity contribution in [1.82, 2.24) is 9.97 Å². The van der Waals surface area contributed by atoms with Gasteiger partial charge in [-0.2, -0.15) is 0 Å². The van der Waals surface area contributed by atoms with E-state index in [4.69, 9.17) is 5.73 Å². The standard InChI is InChI=1S/C12H12BrN3/c13-10-3-1-2-9(6-10)7-11(14)12-8-15-4-5-16-12/h1-6,8,11H,7,14H2. The van der Waals surface area contributed by atoms with Gasteiger partial charge < -0.3 is 5.73 Å². The minimum Gasteiger partial charge on any atom is -0.322 e. The summed E-state index contributed by atoms with van der Waals surface area (Å²) in [4.78, 5) is 8.21. The van der Waals surface area contributed by atoms with Crippen LogP contribution in [0, 0.1) is 0 Å². The fourth-order valence-corrected chi connectivity index (χ4v) is 1.97. The zero-order valence-electron chi connectivity index (χ0n) is 8.68. The van der Waals surface area contributed by atoms with Crippen LogP contribution in [0.1, 0.15) is 17.3 Å². The van der Waals surface area contributed by atoms with Crippen molar-refractivity contribution in [2.45, 2.75) is 12.5 Å². The maximum atomic E-state index is 6.06. The molecule has 0 radical (unpaired) electrons. The molecule has 1 unspecified atom stereocenters. The molecule has 0 fully saturated rings. The largest absolute Gasteiger partial charge is 0.322 e. The fraction of sp³-hybridized carbons (Fsp3) is 0.167. The van der Waals surface area contributed by atoms with Gasteiger partial charge in [-0.05, 0) is 24.1 Å². The van der Waals surface area contributed by atoms with E-state index in [1.54, 1.807) is 18.6 Å². The number of rotatable bonds is 3. The minimum absolute atomic E-state index is 0.108. The van der Waals surface area contributed by atoms with Crippen molar-refractivity contribution in [3.8, 4) is 0 Å². The Balaban J connectivity index is 2.11. The van der Waals surface area contributed by atoms with Crippen LogP contribution in [0.2, 0.25) is 0 Å². The molecule has 0 saturated carbocycles. The Kier molecular flexibility index (Phi) is 3.64. The molecule has 0 bridgehead atoms. The summed E-state index contributed by atoms with van der Waals surface area (Å²) in [6.45, 7) is 0. The lowest BCUT2D eigenvalue weighted by Gasteiger charge is -2.10. The number of halogens is 1. The minimum atomic E-state index is -0.108. The van der Waals surface area contributed by atoms with Gasteiger partial charge in [-0.15, -0.1) is 0 Å². The molecule has 1 heterocycles. The Bertz CT molecular complexity index is 459. The number of benzene rings is 1. The molecule has 0 spiro atoms. The predicted molar refractivity (Wildman–Crippen MR) is 66.8 cm³/mol. The summed E-state index contributed by atoms with van der Waals surface area (Å²) in [5.41, 5.74) is 8.07. The monoisotopic (exact) mass is 277 g/mol. The van der Waals surface area contributed by atoms with Gasteiger partial charge in [-0.1, -0.05) is 28.1 Å². The number of aromatic nitrogens is 2. The van der Waals surface area contributed by atoms with E-state index in [9.17, 15) is 0 Å². The molecule has 3 nitrogen and oxygen atoms in total. The zero-order valence-corrected chi connectivity index (χ0v) is 10.3. The molecule has 0 aliphatic carbocycles. The van der Waals surface area contributed by atoms with E-state index in [0.29, 0.717) is 0 Å². The molecule has 2 N–H and O–H groups in total. The molecular formula is C12H12BrN3. The van der Waals surface area contributed by atoms with Gasteiger partial charge in [0.15, 0.2) is 0 Å². The van der Waals surface area contributed by atoms with Crippen molar-refractivity contribution in [2.75, 3.05) is 0 Å². The molecule has 1 atom stereocenters. The molecule has 1 aromatic heterocycles. The first-order valence-corrected chi connectivity index (χ1v) is 5.81. The molecule has 16 heavy (non-hydrogen) atoms. The summed E-state index contributed by atoms with van der Waals surface area (Å²) in [6.07, 6.45) is 5.78. The van der Waals surface area contributed by atoms with E-state index in [1.807, 2.05) is 12.1 Å². The molecule has 0 aliphatic heterocycles. The van der Waals surface area contributed by atoms with Gasteiger partial charge in [0.1, 0.15) is 0 Å². The van der Waals surface area contributed by atoms with Crippen molar-refractivity contribution in [2.24, 2.45) is 5.73 Å². The van der Waals surface area contributed by atoms with Crippen molar-refractivity contribution in [1.29, 1.82) is 0 Å². The number of hydrogen-bond donors (Lipinski definition) is 1. The summed E-state index contributed by atoms with van der Waals surface area (Å²) in [7, 11) is 0. The molecule has 2 aromatic rings. The molecule has 4 heteroatoms. The van der Waals surface area contributed by atoms with E-state index in [1.165, 1.54) is 5.56 Å². The number of nitrogens with zero attached hydrogens (tertiary/aromatic N) is 2. The van der Waals surface area contributed by atoms with Gasteiger partial charge in [0.25, 0.3) is 0 Å². The topological polar surface area (TPSA) is 51.8 Å². The third-order valence-electron chi connectivity index (χ3n) is 2.31. The number of hydrogen-bond acceptors (Lipinski definition) is 3. The molecular weight excluding hydrogens is 266 g/mol. The van der Waals surface area contributed by atoms with Crippen LogP contribution in [0.15, 0.2) is 47.3 Å². The first-order valence-electron chi connectivity index (χ1n) is 5.01. The second-order valence-corrected chi connectivity index (χ2v) is 4.49. The van der Waals surface area contributed by atoms with Crippen LogP contribution in [0.4, 0.5) is 0 Å². The Morgan fingerprint density at radius 2 is 2.19 bits per heavy atom. The summed E-state index contributed by atoms with van der Waals surface area (Å²) in [5.74, 6) is 0. The van der Waals surface area contributed by atoms with Gasteiger partial charge in [0.05, 0.1) is 11.7 Å². The first-order chi connectivity index (χ1) is 7.75. The zero-order chi connectivity index (χ0) is 11.4. The van der Waals surface area contributed by atoms with Gasteiger partial charge in [0, 0.05) is 23.1 Å². The predicted octanol–water partition coefficient (Wildman–Crippen LogP) is 2.48. The van der Waals surface area contributed by atoms with Crippen LogP contribution in [0.3, 0.4) is 0 Å². The SMILES string of the molecule is NC(Cc1cccc(Br)c1)c1cnccn1. The Labute approximate surface area is 103 Å². The second kappa shape index (κ2) is 5.18. The molecule has 0 saturated heterocycles. The quantitative estimate of drug-likeness (QED) is 0.938. The fourth-order valence-electron chi connectivity index (χ4n) is 1.52. The van der Waals surface area contributed by atoms with Crippen LogP contribution in [-0.2, 0) is 6.42 Å². The highest BCUT2D eigenvalue weighted by Gasteiger charge is 2.08. The van der Waals surface area contributed by atoms with Crippen molar-refractivity contribution < 1.29 is 0 Å². The van der Waals surface area contributed by atoms with E-state index >= 15 is 0 Å². The molecule has 2 rings (SSSR count). The smallest absolute Gasteiger partial charge is 0.0757 e. The van der Waals surface area contributed by atoms with Crippen molar-refractivity contribution in [3.05, 3.63) is 58.6 Å².